The van der Waals surface area contributed by atoms with Crippen molar-refractivity contribution in [3.05, 3.63) is 52.0 Å². The molecule has 1 N–H and O–H groups in total. The number of thiophene rings is 1. The molecule has 1 aliphatic rings. The summed E-state index contributed by atoms with van der Waals surface area (Å²) in [5.74, 6) is 0. The first kappa shape index (κ1) is 15.0. The first-order chi connectivity index (χ1) is 10.7. The molecule has 5 heteroatoms. The van der Waals surface area contributed by atoms with Crippen molar-refractivity contribution in [2.75, 3.05) is 6.54 Å². The molecule has 1 aliphatic heterocycles. The molecule has 0 fully saturated rings. The van der Waals surface area contributed by atoms with Crippen LogP contribution < -0.4 is 5.32 Å². The van der Waals surface area contributed by atoms with Crippen molar-refractivity contribution >= 4 is 17.4 Å². The summed E-state index contributed by atoms with van der Waals surface area (Å²) in [6, 6.07) is 6.21. The SMILES string of the molecule is CC[C@H]1c2ccsc2CCN1C(=O)N[C@@H](C)c1cccnc1. The Bertz CT molecular complexity index is 640. The predicted molar refractivity (Wildman–Crippen MR) is 88.9 cm³/mol. The Morgan fingerprint density at radius 3 is 3.14 bits per heavy atom. The van der Waals surface area contributed by atoms with Crippen molar-refractivity contribution in [2.45, 2.75) is 38.8 Å². The molecule has 2 aromatic heterocycles. The molecule has 2 aromatic rings. The van der Waals surface area contributed by atoms with Crippen molar-refractivity contribution in [1.82, 2.24) is 15.2 Å². The average molecular weight is 315 g/mol. The number of hydrogen-bond donors (Lipinski definition) is 1. The Kier molecular flexibility index (Phi) is 4.43. The summed E-state index contributed by atoms with van der Waals surface area (Å²) < 4.78 is 0. The van der Waals surface area contributed by atoms with Gasteiger partial charge in [0.2, 0.25) is 0 Å². The van der Waals surface area contributed by atoms with Crippen molar-refractivity contribution in [1.29, 1.82) is 0 Å². The van der Waals surface area contributed by atoms with E-state index >= 15 is 0 Å². The minimum atomic E-state index is -0.0393. The van der Waals surface area contributed by atoms with E-state index in [-0.39, 0.29) is 18.1 Å². The van der Waals surface area contributed by atoms with E-state index in [9.17, 15) is 4.79 Å². The third kappa shape index (κ3) is 2.86. The molecular formula is C17H21N3OS. The highest BCUT2D eigenvalue weighted by molar-refractivity contribution is 7.10. The van der Waals surface area contributed by atoms with Gasteiger partial charge >= 0.3 is 6.03 Å². The molecule has 116 valence electrons. The van der Waals surface area contributed by atoms with Crippen LogP contribution in [0.4, 0.5) is 4.79 Å². The Morgan fingerprint density at radius 2 is 2.41 bits per heavy atom. The lowest BCUT2D eigenvalue weighted by molar-refractivity contribution is 0.165. The van der Waals surface area contributed by atoms with Gasteiger partial charge in [-0.25, -0.2) is 4.79 Å². The number of urea groups is 1. The van der Waals surface area contributed by atoms with Gasteiger partial charge in [0.05, 0.1) is 12.1 Å². The molecule has 22 heavy (non-hydrogen) atoms. The molecule has 0 saturated carbocycles. The third-order valence-electron chi connectivity index (χ3n) is 4.27. The number of fused-ring (bicyclic) bond motifs is 1. The van der Waals surface area contributed by atoms with Crippen LogP contribution in [-0.4, -0.2) is 22.5 Å². The highest BCUT2D eigenvalue weighted by atomic mass is 32.1. The lowest BCUT2D eigenvalue weighted by Crippen LogP contribution is -2.45. The first-order valence-electron chi connectivity index (χ1n) is 7.74. The standard InChI is InChI=1S/C17H21N3OS/c1-3-15-14-7-10-22-16(14)6-9-20(15)17(21)19-12(2)13-5-4-8-18-11-13/h4-5,7-8,10-12,15H,3,6,9H2,1-2H3,(H,19,21)/t12-,15-/m0/s1. The van der Waals surface area contributed by atoms with E-state index in [0.717, 1.165) is 24.9 Å². The number of hydrogen-bond acceptors (Lipinski definition) is 3. The second-order valence-corrected chi connectivity index (χ2v) is 6.62. The van der Waals surface area contributed by atoms with Gasteiger partial charge in [-0.15, -0.1) is 11.3 Å². The van der Waals surface area contributed by atoms with Crippen molar-refractivity contribution in [3.63, 3.8) is 0 Å². The maximum Gasteiger partial charge on any atom is 0.318 e. The van der Waals surface area contributed by atoms with E-state index in [1.54, 1.807) is 23.7 Å². The van der Waals surface area contributed by atoms with Gasteiger partial charge in [-0.3, -0.25) is 4.98 Å². The van der Waals surface area contributed by atoms with Gasteiger partial charge in [0.25, 0.3) is 0 Å². The fraction of sp³-hybridized carbons (Fsp3) is 0.412. The van der Waals surface area contributed by atoms with Crippen LogP contribution in [0.1, 0.15) is 48.4 Å². The lowest BCUT2D eigenvalue weighted by atomic mass is 9.98. The van der Waals surface area contributed by atoms with E-state index < -0.39 is 0 Å². The van der Waals surface area contributed by atoms with Crippen LogP contribution in [-0.2, 0) is 6.42 Å². The summed E-state index contributed by atoms with van der Waals surface area (Å²) in [7, 11) is 0. The molecule has 0 spiro atoms. The lowest BCUT2D eigenvalue weighted by Gasteiger charge is -2.36. The number of carbonyl (C=O) groups excluding carboxylic acids is 1. The van der Waals surface area contributed by atoms with E-state index in [4.69, 9.17) is 0 Å². The predicted octanol–water partition coefficient (Wildman–Crippen LogP) is 3.92. The van der Waals surface area contributed by atoms with Crippen LogP contribution in [0.5, 0.6) is 0 Å². The molecule has 3 heterocycles. The Morgan fingerprint density at radius 1 is 1.55 bits per heavy atom. The third-order valence-corrected chi connectivity index (χ3v) is 5.26. The van der Waals surface area contributed by atoms with Crippen LogP contribution >= 0.6 is 11.3 Å². The summed E-state index contributed by atoms with van der Waals surface area (Å²) >= 11 is 1.80. The normalized spacial score (nSPS) is 18.6. The van der Waals surface area contributed by atoms with E-state index in [0.29, 0.717) is 0 Å². The second-order valence-electron chi connectivity index (χ2n) is 5.62. The first-order valence-corrected chi connectivity index (χ1v) is 8.62. The molecule has 3 rings (SSSR count). The van der Waals surface area contributed by atoms with Crippen LogP contribution in [0.2, 0.25) is 0 Å². The Labute approximate surface area is 135 Å². The quantitative estimate of drug-likeness (QED) is 0.933. The fourth-order valence-electron chi connectivity index (χ4n) is 3.06. The van der Waals surface area contributed by atoms with Gasteiger partial charge in [-0.2, -0.15) is 0 Å². The Balaban J connectivity index is 1.72. The summed E-state index contributed by atoms with van der Waals surface area (Å²) in [5.41, 5.74) is 2.35. The zero-order valence-corrected chi connectivity index (χ0v) is 13.8. The number of amides is 2. The van der Waals surface area contributed by atoms with Gasteiger partial charge in [0.15, 0.2) is 0 Å². The van der Waals surface area contributed by atoms with Crippen LogP contribution in [0, 0.1) is 0 Å². The Hall–Kier alpha value is -1.88. The minimum Gasteiger partial charge on any atom is -0.331 e. The fourth-order valence-corrected chi connectivity index (χ4v) is 3.99. The molecule has 0 unspecified atom stereocenters. The van der Waals surface area contributed by atoms with Crippen molar-refractivity contribution in [3.8, 4) is 0 Å². The summed E-state index contributed by atoms with van der Waals surface area (Å²) in [4.78, 5) is 20.2. The molecule has 4 nitrogen and oxygen atoms in total. The van der Waals surface area contributed by atoms with E-state index in [2.05, 4.69) is 28.7 Å². The van der Waals surface area contributed by atoms with Crippen molar-refractivity contribution < 1.29 is 4.79 Å². The number of aromatic nitrogens is 1. The van der Waals surface area contributed by atoms with Gasteiger partial charge < -0.3 is 10.2 Å². The molecular weight excluding hydrogens is 294 g/mol. The minimum absolute atomic E-state index is 0.0139. The van der Waals surface area contributed by atoms with Crippen molar-refractivity contribution in [2.24, 2.45) is 0 Å². The van der Waals surface area contributed by atoms with Crippen LogP contribution in [0.15, 0.2) is 36.0 Å². The molecule has 0 aliphatic carbocycles. The molecule has 2 amide bonds. The molecule has 0 radical (unpaired) electrons. The summed E-state index contributed by atoms with van der Waals surface area (Å²) in [5, 5.41) is 5.24. The van der Waals surface area contributed by atoms with E-state index in [1.165, 1.54) is 10.4 Å². The highest BCUT2D eigenvalue weighted by Gasteiger charge is 2.30. The average Bonchev–Trinajstić information content (AvgIpc) is 3.03. The summed E-state index contributed by atoms with van der Waals surface area (Å²) in [6.45, 7) is 4.93. The number of carbonyl (C=O) groups is 1. The molecule has 0 saturated heterocycles. The smallest absolute Gasteiger partial charge is 0.318 e. The largest absolute Gasteiger partial charge is 0.331 e. The van der Waals surface area contributed by atoms with Gasteiger partial charge in [-0.1, -0.05) is 13.0 Å². The molecule has 2 atom stereocenters. The number of nitrogens with one attached hydrogen (secondary N) is 1. The number of nitrogens with zero attached hydrogens (tertiary/aromatic N) is 2. The van der Waals surface area contributed by atoms with E-state index in [1.807, 2.05) is 24.0 Å². The second kappa shape index (κ2) is 6.48. The molecule has 0 aromatic carbocycles. The maximum atomic E-state index is 12.7. The number of pyridine rings is 1. The van der Waals surface area contributed by atoms with Gasteiger partial charge in [0, 0.05) is 23.8 Å². The van der Waals surface area contributed by atoms with Gasteiger partial charge in [0.1, 0.15) is 0 Å². The maximum absolute atomic E-state index is 12.7. The van der Waals surface area contributed by atoms with Crippen LogP contribution in [0.3, 0.4) is 0 Å². The topological polar surface area (TPSA) is 45.2 Å². The number of rotatable bonds is 3. The monoisotopic (exact) mass is 315 g/mol. The van der Waals surface area contributed by atoms with Crippen LogP contribution in [0.25, 0.3) is 0 Å². The summed E-state index contributed by atoms with van der Waals surface area (Å²) in [6.07, 6.45) is 5.44. The molecule has 0 bridgehead atoms. The highest BCUT2D eigenvalue weighted by Crippen LogP contribution is 2.35. The zero-order valence-electron chi connectivity index (χ0n) is 13.0. The zero-order chi connectivity index (χ0) is 15.5. The van der Waals surface area contributed by atoms with Gasteiger partial charge in [-0.05, 0) is 48.4 Å².